The molecule has 0 saturated carbocycles. The zero-order chi connectivity index (χ0) is 9.84. The largest absolute Gasteiger partial charge is 0.327 e. The summed E-state index contributed by atoms with van der Waals surface area (Å²) < 4.78 is 0. The Morgan fingerprint density at radius 3 is 2.77 bits per heavy atom. The lowest BCUT2D eigenvalue weighted by atomic mass is 10.1. The molecule has 1 atom stereocenters. The summed E-state index contributed by atoms with van der Waals surface area (Å²) in [7, 11) is 0. The first-order valence-electron chi connectivity index (χ1n) is 4.48. The Balaban J connectivity index is 2.58. The highest BCUT2D eigenvalue weighted by molar-refractivity contribution is 7.14. The number of hydrogen-bond acceptors (Lipinski definition) is 3. The van der Waals surface area contributed by atoms with E-state index in [0.29, 0.717) is 6.42 Å². The van der Waals surface area contributed by atoms with Crippen LogP contribution < -0.4 is 5.73 Å². The number of hydrogen-bond donors (Lipinski definition) is 1. The molecule has 1 unspecified atom stereocenters. The quantitative estimate of drug-likeness (QED) is 0.753. The predicted molar refractivity (Wildman–Crippen MR) is 56.3 cm³/mol. The molecule has 0 bridgehead atoms. The molecule has 1 aromatic heterocycles. The summed E-state index contributed by atoms with van der Waals surface area (Å²) in [6, 6.07) is 3.86. The molecule has 0 aromatic carbocycles. The molecule has 0 aliphatic heterocycles. The smallest absolute Gasteiger partial charge is 0.174 e. The number of nitrogens with two attached hydrogens (primary N) is 1. The Bertz CT molecular complexity index is 293. The van der Waals surface area contributed by atoms with Gasteiger partial charge in [-0.15, -0.1) is 11.3 Å². The van der Waals surface area contributed by atoms with E-state index in [9.17, 15) is 4.79 Å². The number of Topliss-reactive ketones (excluding diaryl/α,β-unsaturated/α-hetero) is 1. The summed E-state index contributed by atoms with van der Waals surface area (Å²) in [5.74, 6) is 0.174. The third-order valence-corrected chi connectivity index (χ3v) is 3.03. The number of carbonyl (C=O) groups excluding carboxylic acids is 1. The van der Waals surface area contributed by atoms with Gasteiger partial charge in [-0.3, -0.25) is 4.79 Å². The van der Waals surface area contributed by atoms with Crippen molar-refractivity contribution in [1.82, 2.24) is 0 Å². The minimum Gasteiger partial charge on any atom is -0.327 e. The van der Waals surface area contributed by atoms with E-state index in [2.05, 4.69) is 0 Å². The van der Waals surface area contributed by atoms with E-state index in [1.54, 1.807) is 11.3 Å². The highest BCUT2D eigenvalue weighted by Crippen LogP contribution is 2.17. The Kier molecular flexibility index (Phi) is 3.63. The van der Waals surface area contributed by atoms with Crippen molar-refractivity contribution in [3.8, 4) is 0 Å². The van der Waals surface area contributed by atoms with Crippen LogP contribution in [0.2, 0.25) is 0 Å². The number of carbonyl (C=O) groups is 1. The van der Waals surface area contributed by atoms with Gasteiger partial charge in [0.1, 0.15) is 0 Å². The van der Waals surface area contributed by atoms with E-state index in [1.165, 1.54) is 4.88 Å². The van der Waals surface area contributed by atoms with Gasteiger partial charge >= 0.3 is 0 Å². The molecule has 1 aromatic rings. The lowest BCUT2D eigenvalue weighted by molar-refractivity contribution is 0.0978. The number of aryl methyl sites for hydroxylation is 1. The first-order valence-corrected chi connectivity index (χ1v) is 5.30. The number of thiophene rings is 1. The van der Waals surface area contributed by atoms with E-state index in [1.807, 2.05) is 26.0 Å². The monoisotopic (exact) mass is 197 g/mol. The van der Waals surface area contributed by atoms with Crippen molar-refractivity contribution in [2.24, 2.45) is 5.73 Å². The van der Waals surface area contributed by atoms with Crippen LogP contribution in [0.3, 0.4) is 0 Å². The van der Waals surface area contributed by atoms with Crippen molar-refractivity contribution in [2.75, 3.05) is 0 Å². The summed E-state index contributed by atoms with van der Waals surface area (Å²) in [5.41, 5.74) is 5.70. The zero-order valence-corrected chi connectivity index (χ0v) is 8.86. The summed E-state index contributed by atoms with van der Waals surface area (Å²) in [4.78, 5) is 13.6. The van der Waals surface area contributed by atoms with Crippen LogP contribution in [0.1, 0.15) is 34.3 Å². The van der Waals surface area contributed by atoms with Gasteiger partial charge in [0.15, 0.2) is 5.78 Å². The first kappa shape index (κ1) is 10.4. The van der Waals surface area contributed by atoms with Gasteiger partial charge in [0.25, 0.3) is 0 Å². The molecular formula is C10H15NOS. The summed E-state index contributed by atoms with van der Waals surface area (Å²) in [6.07, 6.45) is 1.33. The van der Waals surface area contributed by atoms with Gasteiger partial charge in [-0.2, -0.15) is 0 Å². The fourth-order valence-corrected chi connectivity index (χ4v) is 1.88. The van der Waals surface area contributed by atoms with E-state index in [4.69, 9.17) is 5.73 Å². The van der Waals surface area contributed by atoms with E-state index < -0.39 is 0 Å². The molecule has 0 amide bonds. The van der Waals surface area contributed by atoms with Crippen LogP contribution in [-0.2, 0) is 0 Å². The molecule has 0 fully saturated rings. The predicted octanol–water partition coefficient (Wildman–Crippen LogP) is 2.37. The number of ketones is 1. The zero-order valence-electron chi connectivity index (χ0n) is 8.04. The molecule has 0 radical (unpaired) electrons. The maximum Gasteiger partial charge on any atom is 0.174 e. The standard InChI is InChI=1S/C10H15NOS/c1-3-8(11)6-9(12)10-5-4-7(2)13-10/h4-5,8H,3,6,11H2,1-2H3. The van der Waals surface area contributed by atoms with Crippen LogP contribution in [0.15, 0.2) is 12.1 Å². The van der Waals surface area contributed by atoms with Crippen molar-refractivity contribution in [3.63, 3.8) is 0 Å². The molecule has 0 saturated heterocycles. The fourth-order valence-electron chi connectivity index (χ4n) is 1.07. The second kappa shape index (κ2) is 4.53. The normalized spacial score (nSPS) is 12.8. The maximum absolute atomic E-state index is 11.6. The highest BCUT2D eigenvalue weighted by Gasteiger charge is 2.11. The van der Waals surface area contributed by atoms with Crippen LogP contribution in [0, 0.1) is 6.92 Å². The van der Waals surface area contributed by atoms with Crippen molar-refractivity contribution in [3.05, 3.63) is 21.9 Å². The number of rotatable bonds is 4. The summed E-state index contributed by atoms with van der Waals surface area (Å²) in [5, 5.41) is 0. The van der Waals surface area contributed by atoms with E-state index in [-0.39, 0.29) is 11.8 Å². The average Bonchev–Trinajstić information content (AvgIpc) is 2.51. The maximum atomic E-state index is 11.6. The summed E-state index contributed by atoms with van der Waals surface area (Å²) in [6.45, 7) is 4.00. The molecule has 0 spiro atoms. The van der Waals surface area contributed by atoms with Crippen LogP contribution in [0.5, 0.6) is 0 Å². The van der Waals surface area contributed by atoms with E-state index in [0.717, 1.165) is 11.3 Å². The van der Waals surface area contributed by atoms with Gasteiger partial charge in [0, 0.05) is 17.3 Å². The second-order valence-electron chi connectivity index (χ2n) is 3.21. The average molecular weight is 197 g/mol. The molecule has 13 heavy (non-hydrogen) atoms. The Morgan fingerprint density at radius 2 is 2.31 bits per heavy atom. The SMILES string of the molecule is CCC(N)CC(=O)c1ccc(C)s1. The summed E-state index contributed by atoms with van der Waals surface area (Å²) >= 11 is 1.54. The van der Waals surface area contributed by atoms with Crippen LogP contribution in [0.25, 0.3) is 0 Å². The van der Waals surface area contributed by atoms with Gasteiger partial charge in [-0.05, 0) is 25.5 Å². The van der Waals surface area contributed by atoms with Gasteiger partial charge in [0.05, 0.1) is 4.88 Å². The lowest BCUT2D eigenvalue weighted by Gasteiger charge is -2.05. The Labute approximate surface area is 82.8 Å². The highest BCUT2D eigenvalue weighted by atomic mass is 32.1. The van der Waals surface area contributed by atoms with Gasteiger partial charge in [0.2, 0.25) is 0 Å². The third-order valence-electron chi connectivity index (χ3n) is 1.99. The van der Waals surface area contributed by atoms with E-state index >= 15 is 0 Å². The van der Waals surface area contributed by atoms with Crippen molar-refractivity contribution in [2.45, 2.75) is 32.7 Å². The third kappa shape index (κ3) is 2.94. The van der Waals surface area contributed by atoms with Crippen LogP contribution in [0.4, 0.5) is 0 Å². The van der Waals surface area contributed by atoms with Gasteiger partial charge < -0.3 is 5.73 Å². The minimum absolute atomic E-state index is 0.00917. The Morgan fingerprint density at radius 1 is 1.62 bits per heavy atom. The Hall–Kier alpha value is -0.670. The van der Waals surface area contributed by atoms with Gasteiger partial charge in [-0.1, -0.05) is 6.92 Å². The molecular weight excluding hydrogens is 182 g/mol. The molecule has 1 heterocycles. The van der Waals surface area contributed by atoms with Crippen molar-refractivity contribution >= 4 is 17.1 Å². The molecule has 72 valence electrons. The fraction of sp³-hybridized carbons (Fsp3) is 0.500. The molecule has 2 nitrogen and oxygen atoms in total. The molecule has 0 aliphatic rings. The van der Waals surface area contributed by atoms with Crippen LogP contribution >= 0.6 is 11.3 Å². The van der Waals surface area contributed by atoms with Gasteiger partial charge in [-0.25, -0.2) is 0 Å². The second-order valence-corrected chi connectivity index (χ2v) is 4.49. The molecule has 1 rings (SSSR count). The molecule has 3 heteroatoms. The minimum atomic E-state index is 0.00917. The lowest BCUT2D eigenvalue weighted by Crippen LogP contribution is -2.22. The topological polar surface area (TPSA) is 43.1 Å². The molecule has 0 aliphatic carbocycles. The van der Waals surface area contributed by atoms with Crippen molar-refractivity contribution in [1.29, 1.82) is 0 Å². The first-order chi connectivity index (χ1) is 6.13. The van der Waals surface area contributed by atoms with Crippen LogP contribution in [-0.4, -0.2) is 11.8 Å². The molecule has 2 N–H and O–H groups in total. The van der Waals surface area contributed by atoms with Crippen molar-refractivity contribution < 1.29 is 4.79 Å².